The summed E-state index contributed by atoms with van der Waals surface area (Å²) in [6, 6.07) is 30.5. The highest BCUT2D eigenvalue weighted by Crippen LogP contribution is 2.53. The van der Waals surface area contributed by atoms with E-state index in [1.807, 2.05) is 11.3 Å². The highest BCUT2D eigenvalue weighted by molar-refractivity contribution is 7.19. The van der Waals surface area contributed by atoms with Crippen LogP contribution in [0.3, 0.4) is 0 Å². The van der Waals surface area contributed by atoms with E-state index in [-0.39, 0.29) is 5.41 Å². The minimum Gasteiger partial charge on any atom is -0.140 e. The third-order valence-corrected chi connectivity index (χ3v) is 11.5. The molecule has 0 spiro atoms. The molecule has 1 heterocycles. The van der Waals surface area contributed by atoms with Crippen molar-refractivity contribution in [3.8, 4) is 22.3 Å². The lowest BCUT2D eigenvalue weighted by Gasteiger charge is -2.24. The number of thiophene rings is 1. The first-order valence-electron chi connectivity index (χ1n) is 15.7. The molecular formula is C42H34S. The molecular weight excluding hydrogens is 537 g/mol. The van der Waals surface area contributed by atoms with E-state index >= 15 is 0 Å². The standard InChI is InChI=1S/C42H34S/c1-25-19-21-30-34(23-25)39(26-20-22-36-33(24-26)27-11-6-8-16-35(27)42(36,2)3)28-12-4-5-13-29(28)40(30)32-15-10-18-38-41(32)31-14-7-9-17-37(31)43-38/h4-5,7-8,10,12-16,18-24H,6,9,11,17H2,1-3H3. The second-order valence-corrected chi connectivity index (χ2v) is 14.3. The van der Waals surface area contributed by atoms with E-state index in [9.17, 15) is 0 Å². The number of rotatable bonds is 2. The van der Waals surface area contributed by atoms with Gasteiger partial charge in [-0.2, -0.15) is 0 Å². The Kier molecular flexibility index (Phi) is 5.39. The van der Waals surface area contributed by atoms with E-state index in [0.717, 1.165) is 25.7 Å². The summed E-state index contributed by atoms with van der Waals surface area (Å²) >= 11 is 1.98. The Hall–Kier alpha value is -4.20. The van der Waals surface area contributed by atoms with Gasteiger partial charge in [0.2, 0.25) is 0 Å². The Morgan fingerprint density at radius 3 is 2.35 bits per heavy atom. The predicted molar refractivity (Wildman–Crippen MR) is 188 cm³/mol. The summed E-state index contributed by atoms with van der Waals surface area (Å²) in [5.74, 6) is 0. The Morgan fingerprint density at radius 2 is 1.47 bits per heavy atom. The summed E-state index contributed by atoms with van der Waals surface area (Å²) in [5, 5.41) is 6.78. The van der Waals surface area contributed by atoms with Crippen molar-refractivity contribution in [2.75, 3.05) is 0 Å². The van der Waals surface area contributed by atoms with Crippen molar-refractivity contribution < 1.29 is 0 Å². The number of allylic oxidation sites excluding steroid dienone is 5. The molecule has 0 nitrogen and oxygen atoms in total. The molecule has 9 rings (SSSR count). The van der Waals surface area contributed by atoms with E-state index in [4.69, 9.17) is 0 Å². The van der Waals surface area contributed by atoms with Gasteiger partial charge in [-0.25, -0.2) is 0 Å². The van der Waals surface area contributed by atoms with Crippen LogP contribution in [0.25, 0.3) is 65.5 Å². The predicted octanol–water partition coefficient (Wildman–Crippen LogP) is 12.2. The molecule has 0 amide bonds. The fourth-order valence-electron chi connectivity index (χ4n) is 8.27. The van der Waals surface area contributed by atoms with Gasteiger partial charge < -0.3 is 0 Å². The van der Waals surface area contributed by atoms with Crippen LogP contribution < -0.4 is 0 Å². The lowest BCUT2D eigenvalue weighted by atomic mass is 9.79. The lowest BCUT2D eigenvalue weighted by Crippen LogP contribution is -2.16. The maximum Gasteiger partial charge on any atom is 0.0358 e. The third-order valence-electron chi connectivity index (χ3n) is 10.3. The van der Waals surface area contributed by atoms with E-state index in [2.05, 4.69) is 124 Å². The molecule has 3 aliphatic rings. The summed E-state index contributed by atoms with van der Waals surface area (Å²) in [6.07, 6.45) is 14.0. The Balaban J connectivity index is 1.39. The van der Waals surface area contributed by atoms with Crippen molar-refractivity contribution in [3.05, 3.63) is 130 Å². The van der Waals surface area contributed by atoms with Gasteiger partial charge in [0.15, 0.2) is 0 Å². The Bertz CT molecular complexity index is 2260. The molecule has 0 bridgehead atoms. The van der Waals surface area contributed by atoms with Crippen molar-refractivity contribution in [2.45, 2.75) is 51.9 Å². The highest BCUT2D eigenvalue weighted by atomic mass is 32.1. The highest BCUT2D eigenvalue weighted by Gasteiger charge is 2.37. The zero-order valence-corrected chi connectivity index (χ0v) is 25.9. The second kappa shape index (κ2) is 9.15. The average molecular weight is 571 g/mol. The van der Waals surface area contributed by atoms with Crippen LogP contribution in [0.5, 0.6) is 0 Å². The molecule has 0 fully saturated rings. The van der Waals surface area contributed by atoms with Gasteiger partial charge >= 0.3 is 0 Å². The van der Waals surface area contributed by atoms with Gasteiger partial charge in [-0.3, -0.25) is 0 Å². The molecule has 0 aliphatic heterocycles. The van der Waals surface area contributed by atoms with Gasteiger partial charge in [-0.1, -0.05) is 110 Å². The van der Waals surface area contributed by atoms with E-state index in [1.165, 1.54) is 86.6 Å². The Labute approximate surface area is 257 Å². The van der Waals surface area contributed by atoms with Gasteiger partial charge in [0.25, 0.3) is 0 Å². The van der Waals surface area contributed by atoms with Gasteiger partial charge in [0, 0.05) is 20.4 Å². The smallest absolute Gasteiger partial charge is 0.0358 e. The van der Waals surface area contributed by atoms with Crippen LogP contribution in [0, 0.1) is 6.92 Å². The number of aryl methyl sites for hydroxylation is 2. The van der Waals surface area contributed by atoms with Crippen LogP contribution >= 0.6 is 11.3 Å². The summed E-state index contributed by atoms with van der Waals surface area (Å²) in [6.45, 7) is 7.02. The summed E-state index contributed by atoms with van der Waals surface area (Å²) in [4.78, 5) is 1.53. The maximum atomic E-state index is 2.52. The molecule has 0 saturated heterocycles. The van der Waals surface area contributed by atoms with Crippen LogP contribution in [0.2, 0.25) is 0 Å². The first-order chi connectivity index (χ1) is 21.0. The molecule has 0 unspecified atom stereocenters. The van der Waals surface area contributed by atoms with Gasteiger partial charge in [-0.05, 0) is 116 Å². The number of benzene rings is 5. The quantitative estimate of drug-likeness (QED) is 0.182. The van der Waals surface area contributed by atoms with Crippen LogP contribution in [-0.2, 0) is 11.8 Å². The SMILES string of the molecule is Cc1ccc2c(-c3cccc4sc5c(c34)C=CCC5)c3ccccc3c(-c3ccc4c(c3)C3=C(C=CCC3)C4(C)C)c2c1. The molecule has 1 heteroatoms. The average Bonchev–Trinajstić information content (AvgIpc) is 3.52. The van der Waals surface area contributed by atoms with E-state index in [0.29, 0.717) is 0 Å². The topological polar surface area (TPSA) is 0 Å². The number of fused-ring (bicyclic) bond motifs is 7. The molecule has 0 N–H and O–H groups in total. The molecule has 0 radical (unpaired) electrons. The zero-order valence-electron chi connectivity index (χ0n) is 25.1. The van der Waals surface area contributed by atoms with Crippen molar-refractivity contribution in [1.82, 2.24) is 0 Å². The molecule has 0 atom stereocenters. The molecule has 3 aliphatic carbocycles. The van der Waals surface area contributed by atoms with Crippen molar-refractivity contribution in [2.24, 2.45) is 0 Å². The lowest BCUT2D eigenvalue weighted by molar-refractivity contribution is 0.651. The summed E-state index contributed by atoms with van der Waals surface area (Å²) in [7, 11) is 0. The van der Waals surface area contributed by atoms with Crippen LogP contribution in [-0.4, -0.2) is 0 Å². The summed E-state index contributed by atoms with van der Waals surface area (Å²) < 4.78 is 1.40. The fraction of sp³-hybridized carbons (Fsp3) is 0.190. The second-order valence-electron chi connectivity index (χ2n) is 13.1. The van der Waals surface area contributed by atoms with Crippen molar-refractivity contribution in [3.63, 3.8) is 0 Å². The molecule has 1 aromatic heterocycles. The summed E-state index contributed by atoms with van der Waals surface area (Å²) in [5.41, 5.74) is 14.2. The van der Waals surface area contributed by atoms with Gasteiger partial charge in [0.05, 0.1) is 0 Å². The maximum absolute atomic E-state index is 2.52. The molecule has 6 aromatic rings. The largest absolute Gasteiger partial charge is 0.140 e. The molecule has 5 aromatic carbocycles. The Morgan fingerprint density at radius 1 is 0.674 bits per heavy atom. The molecule has 208 valence electrons. The molecule has 43 heavy (non-hydrogen) atoms. The van der Waals surface area contributed by atoms with Crippen LogP contribution in [0.15, 0.2) is 103 Å². The first kappa shape index (κ1) is 25.3. The first-order valence-corrected chi connectivity index (χ1v) is 16.5. The van der Waals surface area contributed by atoms with Crippen LogP contribution in [0.4, 0.5) is 0 Å². The minimum absolute atomic E-state index is 0.0531. The minimum atomic E-state index is 0.0531. The van der Waals surface area contributed by atoms with Gasteiger partial charge in [0.1, 0.15) is 0 Å². The fourth-order valence-corrected chi connectivity index (χ4v) is 9.50. The van der Waals surface area contributed by atoms with Crippen molar-refractivity contribution >= 4 is 54.6 Å². The monoisotopic (exact) mass is 570 g/mol. The van der Waals surface area contributed by atoms with Crippen molar-refractivity contribution in [1.29, 1.82) is 0 Å². The van der Waals surface area contributed by atoms with Crippen LogP contribution in [0.1, 0.15) is 60.2 Å². The van der Waals surface area contributed by atoms with Gasteiger partial charge in [-0.15, -0.1) is 11.3 Å². The molecule has 0 saturated carbocycles. The third kappa shape index (κ3) is 3.55. The van der Waals surface area contributed by atoms with E-state index in [1.54, 1.807) is 5.57 Å². The number of hydrogen-bond donors (Lipinski definition) is 0. The zero-order chi connectivity index (χ0) is 28.9. The number of hydrogen-bond acceptors (Lipinski definition) is 1. The van der Waals surface area contributed by atoms with E-state index < -0.39 is 0 Å². The normalized spacial score (nSPS) is 16.7.